The smallest absolute Gasteiger partial charge is 0.183 e. The zero-order valence-corrected chi connectivity index (χ0v) is 31.8. The Bertz CT molecular complexity index is 1930. The molecule has 2 heterocycles. The lowest BCUT2D eigenvalue weighted by atomic mass is 9.82. The van der Waals surface area contributed by atoms with Gasteiger partial charge >= 0.3 is 0 Å². The molecule has 9 heteroatoms. The lowest BCUT2D eigenvalue weighted by Gasteiger charge is -2.53. The number of carbonyl (C=O) groups excluding carboxylic acids is 1. The molecule has 2 aliphatic rings. The van der Waals surface area contributed by atoms with Crippen LogP contribution in [0.4, 0.5) is 0 Å². The fourth-order valence-corrected chi connectivity index (χ4v) is 7.37. The molecule has 0 amide bonds. The first-order valence-corrected chi connectivity index (χ1v) is 19.2. The highest BCUT2D eigenvalue weighted by molar-refractivity contribution is 6.31. The summed E-state index contributed by atoms with van der Waals surface area (Å²) < 4.78 is 46.0. The minimum Gasteiger partial charge on any atom is -0.494 e. The highest BCUT2D eigenvalue weighted by Gasteiger charge is 2.58. The molecular formula is C46H47ClO8. The molecule has 0 radical (unpaired) electrons. The quantitative estimate of drug-likeness (QED) is 0.111. The summed E-state index contributed by atoms with van der Waals surface area (Å²) in [6.45, 7) is 3.34. The van der Waals surface area contributed by atoms with E-state index >= 15 is 0 Å². The largest absolute Gasteiger partial charge is 0.494 e. The number of hydrogen-bond donors (Lipinski definition) is 0. The summed E-state index contributed by atoms with van der Waals surface area (Å²) in [5.74, 6) is 0.683. The van der Waals surface area contributed by atoms with E-state index in [1.165, 1.54) is 0 Å². The number of ketones is 1. The summed E-state index contributed by atoms with van der Waals surface area (Å²) in [7, 11) is 0. The zero-order chi connectivity index (χ0) is 37.9. The minimum atomic E-state index is -1.18. The van der Waals surface area contributed by atoms with Crippen LogP contribution in [0.25, 0.3) is 0 Å². The van der Waals surface area contributed by atoms with Crippen molar-refractivity contribution in [2.24, 2.45) is 0 Å². The van der Waals surface area contributed by atoms with Crippen LogP contribution in [0.5, 0.6) is 5.75 Å². The second kappa shape index (κ2) is 19.0. The van der Waals surface area contributed by atoms with Gasteiger partial charge in [-0.05, 0) is 64.9 Å². The fraction of sp³-hybridized carbons (Fsp3) is 0.326. The van der Waals surface area contributed by atoms with Crippen molar-refractivity contribution in [1.29, 1.82) is 0 Å². The Hall–Kier alpha value is -4.38. The van der Waals surface area contributed by atoms with Gasteiger partial charge in [0.1, 0.15) is 49.0 Å². The Morgan fingerprint density at radius 3 is 1.76 bits per heavy atom. The second-order valence-corrected chi connectivity index (χ2v) is 14.4. The van der Waals surface area contributed by atoms with Crippen LogP contribution in [0.3, 0.4) is 0 Å². The molecule has 5 aromatic carbocycles. The number of carbonyl (C=O) groups is 1. The molecule has 2 fully saturated rings. The molecule has 286 valence electrons. The summed E-state index contributed by atoms with van der Waals surface area (Å²) in [5.41, 5.74) is 4.70. The van der Waals surface area contributed by atoms with Gasteiger partial charge in [-0.1, -0.05) is 127 Å². The minimum absolute atomic E-state index is 0.0396. The summed E-state index contributed by atoms with van der Waals surface area (Å²) >= 11 is 6.89. The number of ether oxygens (including phenoxy) is 7. The maximum Gasteiger partial charge on any atom is 0.183 e. The average Bonchev–Trinajstić information content (AvgIpc) is 3.21. The van der Waals surface area contributed by atoms with E-state index in [1.54, 1.807) is 0 Å². The summed E-state index contributed by atoms with van der Waals surface area (Å²) in [6.07, 6.45) is -2.12. The molecule has 0 saturated carbocycles. The Kier molecular flexibility index (Phi) is 13.4. The predicted octanol–water partition coefficient (Wildman–Crippen LogP) is 8.51. The molecule has 2 aliphatic heterocycles. The third-order valence-corrected chi connectivity index (χ3v) is 10.3. The molecule has 0 aromatic heterocycles. The number of halogens is 1. The van der Waals surface area contributed by atoms with E-state index in [2.05, 4.69) is 18.2 Å². The number of benzene rings is 5. The van der Waals surface area contributed by atoms with E-state index in [1.807, 2.05) is 122 Å². The standard InChI is InChI=1S/C46H47ClO8/c1-2-51-40-21-18-33(19-22-40)24-38-25-37(20-23-41(38)47)42-43(52-26-34-12-6-3-7-13-34)44(53-27-35-14-8-4-9-15-35)45(54-28-36-16-10-5-11-17-36)46(55-42)31-49-29-39(48)30-50-32-46/h3-23,25,42-45H,2,24,26-32H2,1H3. The monoisotopic (exact) mass is 762 g/mol. The Morgan fingerprint density at radius 2 is 1.20 bits per heavy atom. The van der Waals surface area contributed by atoms with Crippen LogP contribution in [0.1, 0.15) is 46.4 Å². The molecule has 0 bridgehead atoms. The molecule has 0 N–H and O–H groups in total. The van der Waals surface area contributed by atoms with Crippen molar-refractivity contribution < 1.29 is 38.0 Å². The van der Waals surface area contributed by atoms with Gasteiger partial charge in [0.15, 0.2) is 5.78 Å². The Labute approximate surface area is 328 Å². The Morgan fingerprint density at radius 1 is 0.655 bits per heavy atom. The first kappa shape index (κ1) is 38.9. The van der Waals surface area contributed by atoms with E-state index in [0.717, 1.165) is 39.1 Å². The molecular weight excluding hydrogens is 716 g/mol. The highest BCUT2D eigenvalue weighted by Crippen LogP contribution is 2.44. The van der Waals surface area contributed by atoms with Gasteiger partial charge < -0.3 is 33.2 Å². The van der Waals surface area contributed by atoms with Crippen LogP contribution in [0, 0.1) is 0 Å². The maximum atomic E-state index is 12.5. The number of rotatable bonds is 14. The van der Waals surface area contributed by atoms with Crippen LogP contribution in [-0.2, 0) is 59.5 Å². The molecule has 1 spiro atoms. The first-order valence-electron chi connectivity index (χ1n) is 18.8. The van der Waals surface area contributed by atoms with Gasteiger partial charge in [0.25, 0.3) is 0 Å². The third kappa shape index (κ3) is 10.1. The molecule has 4 unspecified atom stereocenters. The molecule has 55 heavy (non-hydrogen) atoms. The van der Waals surface area contributed by atoms with Crippen molar-refractivity contribution in [3.63, 3.8) is 0 Å². The van der Waals surface area contributed by atoms with Gasteiger partial charge in [0.2, 0.25) is 0 Å². The topological polar surface area (TPSA) is 81.7 Å². The van der Waals surface area contributed by atoms with E-state index in [9.17, 15) is 4.79 Å². The molecule has 7 rings (SSSR count). The van der Waals surface area contributed by atoms with Crippen LogP contribution in [0.2, 0.25) is 5.02 Å². The lowest BCUT2D eigenvalue weighted by molar-refractivity contribution is -0.324. The van der Waals surface area contributed by atoms with Crippen molar-refractivity contribution >= 4 is 17.4 Å². The Balaban J connectivity index is 1.30. The highest BCUT2D eigenvalue weighted by atomic mass is 35.5. The van der Waals surface area contributed by atoms with Crippen LogP contribution in [-0.4, -0.2) is 62.7 Å². The number of hydrogen-bond acceptors (Lipinski definition) is 8. The fourth-order valence-electron chi connectivity index (χ4n) is 7.18. The molecule has 2 saturated heterocycles. The normalized spacial score (nSPS) is 21.2. The van der Waals surface area contributed by atoms with Crippen molar-refractivity contribution in [2.75, 3.05) is 33.0 Å². The van der Waals surface area contributed by atoms with Crippen molar-refractivity contribution in [3.8, 4) is 5.75 Å². The average molecular weight is 763 g/mol. The molecule has 4 atom stereocenters. The van der Waals surface area contributed by atoms with Gasteiger partial charge in [-0.15, -0.1) is 0 Å². The molecule has 8 nitrogen and oxygen atoms in total. The second-order valence-electron chi connectivity index (χ2n) is 14.0. The van der Waals surface area contributed by atoms with Gasteiger partial charge in [-0.3, -0.25) is 4.79 Å². The lowest BCUT2D eigenvalue weighted by Crippen LogP contribution is -2.67. The van der Waals surface area contributed by atoms with Crippen LogP contribution >= 0.6 is 11.6 Å². The van der Waals surface area contributed by atoms with Crippen molar-refractivity contribution in [2.45, 2.75) is 63.2 Å². The third-order valence-electron chi connectivity index (χ3n) is 9.89. The van der Waals surface area contributed by atoms with Gasteiger partial charge in [0.05, 0.1) is 39.6 Å². The summed E-state index contributed by atoms with van der Waals surface area (Å²) in [6, 6.07) is 44.1. The predicted molar refractivity (Wildman–Crippen MR) is 210 cm³/mol. The van der Waals surface area contributed by atoms with E-state index in [0.29, 0.717) is 31.3 Å². The van der Waals surface area contributed by atoms with E-state index in [4.69, 9.17) is 44.8 Å². The molecule has 5 aromatic rings. The van der Waals surface area contributed by atoms with Gasteiger partial charge in [0, 0.05) is 5.02 Å². The van der Waals surface area contributed by atoms with Crippen molar-refractivity contribution in [3.05, 3.63) is 172 Å². The van der Waals surface area contributed by atoms with Crippen LogP contribution in [0.15, 0.2) is 133 Å². The van der Waals surface area contributed by atoms with E-state index in [-0.39, 0.29) is 38.8 Å². The van der Waals surface area contributed by atoms with Crippen molar-refractivity contribution in [1.82, 2.24) is 0 Å². The maximum absolute atomic E-state index is 12.5. The first-order chi connectivity index (χ1) is 27.0. The zero-order valence-electron chi connectivity index (χ0n) is 31.0. The van der Waals surface area contributed by atoms with Gasteiger partial charge in [-0.2, -0.15) is 0 Å². The SMILES string of the molecule is CCOc1ccc(Cc2cc(C3OC4(COCC(=O)COC4)C(OCc4ccccc4)C(OCc4ccccc4)C3OCc3ccccc3)ccc2Cl)cc1. The molecule has 0 aliphatic carbocycles. The number of Topliss-reactive ketones (excluding diaryl/α,β-unsaturated/α-hetero) is 1. The van der Waals surface area contributed by atoms with E-state index < -0.39 is 30.0 Å². The van der Waals surface area contributed by atoms with Gasteiger partial charge in [-0.25, -0.2) is 0 Å². The summed E-state index contributed by atoms with van der Waals surface area (Å²) in [5, 5.41) is 0.641. The van der Waals surface area contributed by atoms with Crippen LogP contribution < -0.4 is 4.74 Å². The summed E-state index contributed by atoms with van der Waals surface area (Å²) in [4.78, 5) is 12.5.